The lowest BCUT2D eigenvalue weighted by molar-refractivity contribution is 0.0672. The van der Waals surface area contributed by atoms with Crippen molar-refractivity contribution in [2.75, 3.05) is 26.7 Å². The second-order valence-electron chi connectivity index (χ2n) is 5.07. The largest absolute Gasteiger partial charge is 0.505 e. The lowest BCUT2D eigenvalue weighted by Gasteiger charge is -2.30. The van der Waals surface area contributed by atoms with E-state index >= 15 is 0 Å². The number of amides is 1. The van der Waals surface area contributed by atoms with Crippen molar-refractivity contribution in [3.63, 3.8) is 0 Å². The van der Waals surface area contributed by atoms with Crippen molar-refractivity contribution in [1.82, 2.24) is 14.8 Å². The maximum atomic E-state index is 12.6. The number of pyridine rings is 1. The average molecular weight is 263 g/mol. The normalized spacial score (nSPS) is 21.2. The molecule has 0 aromatic carbocycles. The van der Waals surface area contributed by atoms with E-state index in [-0.39, 0.29) is 17.7 Å². The second kappa shape index (κ2) is 6.02. The fourth-order valence-corrected chi connectivity index (χ4v) is 2.58. The number of likely N-dealkylation sites (N-methyl/N-ethyl adjacent to an activating group) is 1. The van der Waals surface area contributed by atoms with Crippen LogP contribution in [0.2, 0.25) is 0 Å². The van der Waals surface area contributed by atoms with Crippen molar-refractivity contribution in [2.24, 2.45) is 0 Å². The third-order valence-corrected chi connectivity index (χ3v) is 3.66. The predicted molar refractivity (Wildman–Crippen MR) is 73.1 cm³/mol. The lowest BCUT2D eigenvalue weighted by atomic mass is 10.1. The van der Waals surface area contributed by atoms with Gasteiger partial charge in [-0.15, -0.1) is 0 Å². The summed E-state index contributed by atoms with van der Waals surface area (Å²) in [6.45, 7) is 4.72. The van der Waals surface area contributed by atoms with Crippen LogP contribution in [0.15, 0.2) is 18.5 Å². The van der Waals surface area contributed by atoms with Crippen LogP contribution in [0, 0.1) is 0 Å². The van der Waals surface area contributed by atoms with Gasteiger partial charge in [-0.3, -0.25) is 9.78 Å². The third kappa shape index (κ3) is 3.04. The van der Waals surface area contributed by atoms with Gasteiger partial charge in [-0.1, -0.05) is 6.92 Å². The summed E-state index contributed by atoms with van der Waals surface area (Å²) in [6, 6.07) is 1.78. The van der Waals surface area contributed by atoms with Crippen molar-refractivity contribution in [3.05, 3.63) is 24.0 Å². The molecule has 1 aromatic heterocycles. The summed E-state index contributed by atoms with van der Waals surface area (Å²) in [5.74, 6) is -0.137. The van der Waals surface area contributed by atoms with Crippen molar-refractivity contribution < 1.29 is 9.90 Å². The SMILES string of the molecule is CCC1CN(C)CCCN1C(=O)c1ccncc1O. The first-order valence-corrected chi connectivity index (χ1v) is 6.76. The second-order valence-corrected chi connectivity index (χ2v) is 5.07. The molecule has 104 valence electrons. The zero-order valence-corrected chi connectivity index (χ0v) is 11.5. The number of rotatable bonds is 2. The molecule has 0 saturated carbocycles. The van der Waals surface area contributed by atoms with Crippen molar-refractivity contribution in [1.29, 1.82) is 0 Å². The molecule has 1 N–H and O–H groups in total. The van der Waals surface area contributed by atoms with Crippen LogP contribution >= 0.6 is 0 Å². The molecule has 0 bridgehead atoms. The molecule has 0 radical (unpaired) electrons. The first kappa shape index (κ1) is 13.8. The van der Waals surface area contributed by atoms with Crippen LogP contribution < -0.4 is 0 Å². The van der Waals surface area contributed by atoms with E-state index < -0.39 is 0 Å². The monoisotopic (exact) mass is 263 g/mol. The molecule has 1 atom stereocenters. The van der Waals surface area contributed by atoms with E-state index in [4.69, 9.17) is 0 Å². The van der Waals surface area contributed by atoms with Gasteiger partial charge in [-0.2, -0.15) is 0 Å². The molecule has 1 unspecified atom stereocenters. The third-order valence-electron chi connectivity index (χ3n) is 3.66. The Morgan fingerprint density at radius 3 is 3.00 bits per heavy atom. The fourth-order valence-electron chi connectivity index (χ4n) is 2.58. The van der Waals surface area contributed by atoms with Crippen LogP contribution in [-0.2, 0) is 0 Å². The number of aromatic hydroxyl groups is 1. The van der Waals surface area contributed by atoms with Gasteiger partial charge in [-0.25, -0.2) is 0 Å². The summed E-state index contributed by atoms with van der Waals surface area (Å²) >= 11 is 0. The Morgan fingerprint density at radius 1 is 1.53 bits per heavy atom. The predicted octanol–water partition coefficient (Wildman–Crippen LogP) is 1.34. The summed E-state index contributed by atoms with van der Waals surface area (Å²) in [4.78, 5) is 20.5. The molecular weight excluding hydrogens is 242 g/mol. The van der Waals surface area contributed by atoms with Gasteiger partial charge >= 0.3 is 0 Å². The van der Waals surface area contributed by atoms with E-state index in [2.05, 4.69) is 23.9 Å². The van der Waals surface area contributed by atoms with Crippen molar-refractivity contribution in [3.8, 4) is 5.75 Å². The minimum Gasteiger partial charge on any atom is -0.505 e. The quantitative estimate of drug-likeness (QED) is 0.875. The number of carbonyl (C=O) groups is 1. The topological polar surface area (TPSA) is 56.7 Å². The Balaban J connectivity index is 2.23. The maximum absolute atomic E-state index is 12.6. The molecule has 2 heterocycles. The van der Waals surface area contributed by atoms with Crippen LogP contribution in [0.4, 0.5) is 0 Å². The molecule has 1 amide bonds. The van der Waals surface area contributed by atoms with E-state index in [1.807, 2.05) is 4.90 Å². The Bertz CT molecular complexity index is 450. The van der Waals surface area contributed by atoms with E-state index in [1.54, 1.807) is 6.07 Å². The van der Waals surface area contributed by atoms with E-state index in [9.17, 15) is 9.90 Å². The molecule has 19 heavy (non-hydrogen) atoms. The Morgan fingerprint density at radius 2 is 2.32 bits per heavy atom. The summed E-state index contributed by atoms with van der Waals surface area (Å²) in [6.07, 6.45) is 4.74. The number of aromatic nitrogens is 1. The number of hydrogen-bond acceptors (Lipinski definition) is 4. The van der Waals surface area contributed by atoms with Crippen LogP contribution in [0.5, 0.6) is 5.75 Å². The highest BCUT2D eigenvalue weighted by molar-refractivity contribution is 5.96. The molecule has 5 nitrogen and oxygen atoms in total. The van der Waals surface area contributed by atoms with Gasteiger partial charge in [0.2, 0.25) is 0 Å². The number of nitrogens with zero attached hydrogens (tertiary/aromatic N) is 3. The van der Waals surface area contributed by atoms with Crippen molar-refractivity contribution in [2.45, 2.75) is 25.8 Å². The highest BCUT2D eigenvalue weighted by Gasteiger charge is 2.28. The van der Waals surface area contributed by atoms with Gasteiger partial charge in [0.1, 0.15) is 5.75 Å². The van der Waals surface area contributed by atoms with E-state index in [1.165, 1.54) is 12.4 Å². The zero-order valence-electron chi connectivity index (χ0n) is 11.5. The molecule has 1 aromatic rings. The molecule has 2 rings (SSSR count). The molecule has 1 saturated heterocycles. The van der Waals surface area contributed by atoms with Gasteiger partial charge in [0.15, 0.2) is 0 Å². The zero-order chi connectivity index (χ0) is 13.8. The Hall–Kier alpha value is -1.62. The molecule has 1 aliphatic heterocycles. The van der Waals surface area contributed by atoms with Crippen LogP contribution in [0.3, 0.4) is 0 Å². The van der Waals surface area contributed by atoms with Crippen LogP contribution in [-0.4, -0.2) is 58.5 Å². The maximum Gasteiger partial charge on any atom is 0.258 e. The molecule has 1 aliphatic rings. The minimum absolute atomic E-state index is 0.0417. The average Bonchev–Trinajstić information content (AvgIpc) is 2.60. The first-order chi connectivity index (χ1) is 9.13. The molecule has 0 spiro atoms. The Kier molecular flexibility index (Phi) is 4.37. The summed E-state index contributed by atoms with van der Waals surface area (Å²) in [7, 11) is 2.08. The first-order valence-electron chi connectivity index (χ1n) is 6.76. The van der Waals surface area contributed by atoms with Crippen molar-refractivity contribution >= 4 is 5.91 Å². The van der Waals surface area contributed by atoms with Gasteiger partial charge in [-0.05, 0) is 32.5 Å². The fraction of sp³-hybridized carbons (Fsp3) is 0.571. The summed E-state index contributed by atoms with van der Waals surface area (Å²) in [5.41, 5.74) is 0.345. The lowest BCUT2D eigenvalue weighted by Crippen LogP contribution is -2.43. The molecular formula is C14H21N3O2. The molecule has 5 heteroatoms. The van der Waals surface area contributed by atoms with Crippen LogP contribution in [0.1, 0.15) is 30.1 Å². The Labute approximate surface area is 113 Å². The number of carbonyl (C=O) groups excluding carboxylic acids is 1. The highest BCUT2D eigenvalue weighted by Crippen LogP contribution is 2.20. The standard InChI is InChI=1S/C14H21N3O2/c1-3-11-10-16(2)7-4-8-17(11)14(19)12-5-6-15-9-13(12)18/h5-6,9,11,18H,3-4,7-8,10H2,1-2H3. The smallest absolute Gasteiger partial charge is 0.258 e. The summed E-state index contributed by atoms with van der Waals surface area (Å²) in [5, 5.41) is 9.77. The van der Waals surface area contributed by atoms with E-state index in [0.29, 0.717) is 5.56 Å². The van der Waals surface area contributed by atoms with Gasteiger partial charge in [0.25, 0.3) is 5.91 Å². The minimum atomic E-state index is -0.0953. The van der Waals surface area contributed by atoms with Gasteiger partial charge in [0, 0.05) is 25.3 Å². The van der Waals surface area contributed by atoms with Gasteiger partial charge in [0.05, 0.1) is 11.8 Å². The molecule has 1 fully saturated rings. The van der Waals surface area contributed by atoms with Crippen LogP contribution in [0.25, 0.3) is 0 Å². The van der Waals surface area contributed by atoms with Gasteiger partial charge < -0.3 is 14.9 Å². The summed E-state index contributed by atoms with van der Waals surface area (Å²) < 4.78 is 0. The number of hydrogen-bond donors (Lipinski definition) is 1. The highest BCUT2D eigenvalue weighted by atomic mass is 16.3. The molecule has 0 aliphatic carbocycles. The van der Waals surface area contributed by atoms with E-state index in [0.717, 1.165) is 32.5 Å².